The van der Waals surface area contributed by atoms with E-state index in [9.17, 15) is 4.79 Å². The van der Waals surface area contributed by atoms with E-state index in [1.54, 1.807) is 14.0 Å². The number of nitrogens with zero attached hydrogens (tertiary/aromatic N) is 1. The standard InChI is InChI=1S/C10H16N2O4/c1-4-15-9(13)8-6-16-10(12-8)11-7(2)5-14-3/h6-7H,4-5H2,1-3H3,(H,11,12). The highest BCUT2D eigenvalue weighted by molar-refractivity contribution is 5.87. The molecule has 0 aliphatic rings. The number of rotatable bonds is 6. The van der Waals surface area contributed by atoms with Crippen LogP contribution in [0.4, 0.5) is 6.01 Å². The van der Waals surface area contributed by atoms with Gasteiger partial charge in [-0.05, 0) is 13.8 Å². The normalized spacial score (nSPS) is 12.2. The van der Waals surface area contributed by atoms with E-state index in [1.807, 2.05) is 6.92 Å². The Morgan fingerprint density at radius 2 is 2.44 bits per heavy atom. The van der Waals surface area contributed by atoms with E-state index in [1.165, 1.54) is 6.26 Å². The van der Waals surface area contributed by atoms with Crippen molar-refractivity contribution in [2.75, 3.05) is 25.6 Å². The van der Waals surface area contributed by atoms with Gasteiger partial charge in [-0.3, -0.25) is 0 Å². The van der Waals surface area contributed by atoms with E-state index in [2.05, 4.69) is 10.3 Å². The zero-order chi connectivity index (χ0) is 12.0. The zero-order valence-corrected chi connectivity index (χ0v) is 9.65. The monoisotopic (exact) mass is 228 g/mol. The van der Waals surface area contributed by atoms with Crippen molar-refractivity contribution in [1.29, 1.82) is 0 Å². The predicted molar refractivity (Wildman–Crippen MR) is 57.4 cm³/mol. The van der Waals surface area contributed by atoms with Crippen molar-refractivity contribution in [3.63, 3.8) is 0 Å². The Hall–Kier alpha value is -1.56. The molecule has 90 valence electrons. The summed E-state index contributed by atoms with van der Waals surface area (Å²) in [5, 5.41) is 2.95. The Bertz CT molecular complexity index is 337. The van der Waals surface area contributed by atoms with Gasteiger partial charge in [-0.15, -0.1) is 0 Å². The van der Waals surface area contributed by atoms with Crippen LogP contribution in [0.25, 0.3) is 0 Å². The molecule has 0 saturated heterocycles. The summed E-state index contributed by atoms with van der Waals surface area (Å²) in [7, 11) is 1.61. The molecule has 6 nitrogen and oxygen atoms in total. The minimum Gasteiger partial charge on any atom is -0.461 e. The van der Waals surface area contributed by atoms with Gasteiger partial charge in [0.2, 0.25) is 0 Å². The van der Waals surface area contributed by atoms with Crippen LogP contribution >= 0.6 is 0 Å². The van der Waals surface area contributed by atoms with Crippen LogP contribution in [0.15, 0.2) is 10.7 Å². The van der Waals surface area contributed by atoms with Gasteiger partial charge in [0.1, 0.15) is 6.26 Å². The molecule has 1 aromatic rings. The largest absolute Gasteiger partial charge is 0.461 e. The molecule has 1 aromatic heterocycles. The third-order valence-electron chi connectivity index (χ3n) is 1.78. The number of anilines is 1. The molecule has 1 atom stereocenters. The summed E-state index contributed by atoms with van der Waals surface area (Å²) >= 11 is 0. The first-order valence-corrected chi connectivity index (χ1v) is 5.05. The molecule has 0 radical (unpaired) electrons. The molecule has 1 unspecified atom stereocenters. The molecule has 1 N–H and O–H groups in total. The SMILES string of the molecule is CCOC(=O)c1coc(NC(C)COC)n1. The highest BCUT2D eigenvalue weighted by Crippen LogP contribution is 2.09. The number of hydrogen-bond donors (Lipinski definition) is 1. The lowest BCUT2D eigenvalue weighted by Gasteiger charge is -2.09. The Morgan fingerprint density at radius 1 is 1.69 bits per heavy atom. The van der Waals surface area contributed by atoms with Crippen molar-refractivity contribution in [2.24, 2.45) is 0 Å². The fraction of sp³-hybridized carbons (Fsp3) is 0.600. The van der Waals surface area contributed by atoms with Crippen molar-refractivity contribution < 1.29 is 18.7 Å². The lowest BCUT2D eigenvalue weighted by atomic mass is 10.4. The molecule has 0 aliphatic heterocycles. The zero-order valence-electron chi connectivity index (χ0n) is 9.65. The predicted octanol–water partition coefficient (Wildman–Crippen LogP) is 1.30. The van der Waals surface area contributed by atoms with Crippen LogP contribution in [0.1, 0.15) is 24.3 Å². The van der Waals surface area contributed by atoms with Crippen LogP contribution in [-0.2, 0) is 9.47 Å². The van der Waals surface area contributed by atoms with Crippen LogP contribution in [0.3, 0.4) is 0 Å². The Morgan fingerprint density at radius 3 is 3.06 bits per heavy atom. The van der Waals surface area contributed by atoms with Crippen LogP contribution in [-0.4, -0.2) is 37.3 Å². The van der Waals surface area contributed by atoms with Gasteiger partial charge in [0.25, 0.3) is 6.01 Å². The first-order chi connectivity index (χ1) is 7.67. The van der Waals surface area contributed by atoms with E-state index < -0.39 is 5.97 Å². The molecule has 16 heavy (non-hydrogen) atoms. The van der Waals surface area contributed by atoms with E-state index >= 15 is 0 Å². The molecule has 1 rings (SSSR count). The maximum atomic E-state index is 11.3. The first-order valence-electron chi connectivity index (χ1n) is 5.05. The molecule has 0 amide bonds. The number of oxazole rings is 1. The third-order valence-corrected chi connectivity index (χ3v) is 1.78. The quantitative estimate of drug-likeness (QED) is 0.740. The van der Waals surface area contributed by atoms with Crippen LogP contribution in [0.5, 0.6) is 0 Å². The summed E-state index contributed by atoms with van der Waals surface area (Å²) in [6.45, 7) is 4.49. The number of carbonyl (C=O) groups is 1. The van der Waals surface area contributed by atoms with Crippen LogP contribution < -0.4 is 5.32 Å². The second kappa shape index (κ2) is 6.12. The summed E-state index contributed by atoms with van der Waals surface area (Å²) in [6, 6.07) is 0.339. The van der Waals surface area contributed by atoms with Crippen molar-refractivity contribution in [2.45, 2.75) is 19.9 Å². The van der Waals surface area contributed by atoms with Crippen molar-refractivity contribution in [3.8, 4) is 0 Å². The van der Waals surface area contributed by atoms with Gasteiger partial charge in [0.05, 0.1) is 19.3 Å². The molecule has 6 heteroatoms. The second-order valence-electron chi connectivity index (χ2n) is 3.26. The number of esters is 1. The van der Waals surface area contributed by atoms with Crippen molar-refractivity contribution >= 4 is 12.0 Å². The topological polar surface area (TPSA) is 73.6 Å². The maximum absolute atomic E-state index is 11.3. The summed E-state index contributed by atoms with van der Waals surface area (Å²) in [6.07, 6.45) is 1.26. The summed E-state index contributed by atoms with van der Waals surface area (Å²) in [4.78, 5) is 15.2. The fourth-order valence-electron chi connectivity index (χ4n) is 1.14. The van der Waals surface area contributed by atoms with Gasteiger partial charge >= 0.3 is 5.97 Å². The average Bonchev–Trinajstić information content (AvgIpc) is 2.67. The van der Waals surface area contributed by atoms with Gasteiger partial charge in [-0.1, -0.05) is 0 Å². The lowest BCUT2D eigenvalue weighted by molar-refractivity contribution is 0.0519. The molecule has 0 aromatic carbocycles. The third kappa shape index (κ3) is 3.54. The van der Waals surface area contributed by atoms with Crippen molar-refractivity contribution in [3.05, 3.63) is 12.0 Å². The van der Waals surface area contributed by atoms with Crippen LogP contribution in [0, 0.1) is 0 Å². The number of nitrogens with one attached hydrogen (secondary N) is 1. The highest BCUT2D eigenvalue weighted by atomic mass is 16.5. The number of carbonyl (C=O) groups excluding carboxylic acids is 1. The molecule has 0 saturated carbocycles. The molecule has 0 spiro atoms. The fourth-order valence-corrected chi connectivity index (χ4v) is 1.14. The average molecular weight is 228 g/mol. The van der Waals surface area contributed by atoms with E-state index in [-0.39, 0.29) is 17.8 Å². The number of hydrogen-bond acceptors (Lipinski definition) is 6. The summed E-state index contributed by atoms with van der Waals surface area (Å²) < 4.78 is 14.8. The minimum atomic E-state index is -0.487. The van der Waals surface area contributed by atoms with Gasteiger partial charge < -0.3 is 19.2 Å². The number of aromatic nitrogens is 1. The molecular formula is C10H16N2O4. The van der Waals surface area contributed by atoms with Crippen molar-refractivity contribution in [1.82, 2.24) is 4.98 Å². The van der Waals surface area contributed by atoms with Gasteiger partial charge in [-0.25, -0.2) is 4.79 Å². The molecule has 1 heterocycles. The van der Waals surface area contributed by atoms with Gasteiger partial charge in [0.15, 0.2) is 5.69 Å². The maximum Gasteiger partial charge on any atom is 0.360 e. The molecular weight excluding hydrogens is 212 g/mol. The smallest absolute Gasteiger partial charge is 0.360 e. The van der Waals surface area contributed by atoms with E-state index in [4.69, 9.17) is 13.9 Å². The van der Waals surface area contributed by atoms with Crippen LogP contribution in [0.2, 0.25) is 0 Å². The summed E-state index contributed by atoms with van der Waals surface area (Å²) in [5.74, 6) is -0.487. The van der Waals surface area contributed by atoms with E-state index in [0.717, 1.165) is 0 Å². The first kappa shape index (κ1) is 12.5. The lowest BCUT2D eigenvalue weighted by Crippen LogP contribution is -2.21. The van der Waals surface area contributed by atoms with Gasteiger partial charge in [-0.2, -0.15) is 4.98 Å². The second-order valence-corrected chi connectivity index (χ2v) is 3.26. The Kier molecular flexibility index (Phi) is 4.78. The summed E-state index contributed by atoms with van der Waals surface area (Å²) in [5.41, 5.74) is 0.161. The highest BCUT2D eigenvalue weighted by Gasteiger charge is 2.14. The Balaban J connectivity index is 2.54. The Labute approximate surface area is 93.9 Å². The van der Waals surface area contributed by atoms with Gasteiger partial charge in [0, 0.05) is 7.11 Å². The number of ether oxygens (including phenoxy) is 2. The molecule has 0 bridgehead atoms. The number of methoxy groups -OCH3 is 1. The molecule has 0 fully saturated rings. The van der Waals surface area contributed by atoms with E-state index in [0.29, 0.717) is 13.2 Å². The minimum absolute atomic E-state index is 0.0543. The molecule has 0 aliphatic carbocycles.